The predicted molar refractivity (Wildman–Crippen MR) is 54.3 cm³/mol. The molecule has 1 unspecified atom stereocenters. The fourth-order valence-electron chi connectivity index (χ4n) is 2.07. The van der Waals surface area contributed by atoms with Crippen LogP contribution in [0.4, 0.5) is 0 Å². The molecule has 1 saturated carbocycles. The molecule has 1 atom stereocenters. The molecule has 74 valence electrons. The van der Waals surface area contributed by atoms with E-state index >= 15 is 0 Å². The first-order valence-corrected chi connectivity index (χ1v) is 5.31. The molecule has 0 aromatic carbocycles. The van der Waals surface area contributed by atoms with Crippen molar-refractivity contribution in [2.75, 3.05) is 13.6 Å². The molecule has 1 rings (SSSR count). The monoisotopic (exact) mass is 180 g/mol. The van der Waals surface area contributed by atoms with Crippen LogP contribution in [-0.4, -0.2) is 24.5 Å². The third-order valence-corrected chi connectivity index (χ3v) is 3.16. The van der Waals surface area contributed by atoms with Gasteiger partial charge in [0.25, 0.3) is 0 Å². The van der Waals surface area contributed by atoms with Gasteiger partial charge in [-0.1, -0.05) is 12.8 Å². The zero-order chi connectivity index (χ0) is 9.68. The first-order valence-electron chi connectivity index (χ1n) is 5.31. The Morgan fingerprint density at radius 3 is 2.62 bits per heavy atom. The van der Waals surface area contributed by atoms with E-state index < -0.39 is 0 Å². The lowest BCUT2D eigenvalue weighted by molar-refractivity contribution is 0.221. The fourth-order valence-corrected chi connectivity index (χ4v) is 2.07. The molecule has 2 nitrogen and oxygen atoms in total. The van der Waals surface area contributed by atoms with E-state index in [0.29, 0.717) is 12.5 Å². The first-order chi connectivity index (χ1) is 6.24. The molecule has 0 N–H and O–H groups in total. The van der Waals surface area contributed by atoms with Crippen LogP contribution in [0.3, 0.4) is 0 Å². The minimum absolute atomic E-state index is 0.422. The van der Waals surface area contributed by atoms with Gasteiger partial charge in [-0.15, -0.1) is 0 Å². The van der Waals surface area contributed by atoms with Crippen molar-refractivity contribution in [2.24, 2.45) is 5.92 Å². The Hall–Kier alpha value is -0.550. The number of nitriles is 1. The molecule has 0 aromatic rings. The summed E-state index contributed by atoms with van der Waals surface area (Å²) in [5.74, 6) is 0.895. The summed E-state index contributed by atoms with van der Waals surface area (Å²) in [4.78, 5) is 2.33. The van der Waals surface area contributed by atoms with E-state index in [-0.39, 0.29) is 0 Å². The Kier molecular flexibility index (Phi) is 4.24. The summed E-state index contributed by atoms with van der Waals surface area (Å²) in [6.07, 6.45) is 6.26. The minimum atomic E-state index is 0.422. The molecule has 0 saturated heterocycles. The Morgan fingerprint density at radius 1 is 1.46 bits per heavy atom. The van der Waals surface area contributed by atoms with Gasteiger partial charge in [-0.05, 0) is 32.7 Å². The van der Waals surface area contributed by atoms with Gasteiger partial charge in [0.2, 0.25) is 0 Å². The van der Waals surface area contributed by atoms with Gasteiger partial charge in [-0.25, -0.2) is 0 Å². The SMILES string of the molecule is CC(CC#N)N(C)CC1CCCC1. The molecule has 0 spiro atoms. The smallest absolute Gasteiger partial charge is 0.0638 e. The van der Waals surface area contributed by atoms with Crippen LogP contribution in [0.2, 0.25) is 0 Å². The Bertz CT molecular complexity index is 177. The van der Waals surface area contributed by atoms with E-state index in [2.05, 4.69) is 24.9 Å². The lowest BCUT2D eigenvalue weighted by Gasteiger charge is -2.25. The lowest BCUT2D eigenvalue weighted by atomic mass is 10.1. The number of nitrogens with zero attached hydrogens (tertiary/aromatic N) is 2. The second-order valence-electron chi connectivity index (χ2n) is 4.30. The van der Waals surface area contributed by atoms with Gasteiger partial charge >= 0.3 is 0 Å². The van der Waals surface area contributed by atoms with E-state index in [1.807, 2.05) is 0 Å². The van der Waals surface area contributed by atoms with Crippen molar-refractivity contribution in [1.29, 1.82) is 5.26 Å². The molecule has 1 fully saturated rings. The quantitative estimate of drug-likeness (QED) is 0.664. The summed E-state index contributed by atoms with van der Waals surface area (Å²) >= 11 is 0. The topological polar surface area (TPSA) is 27.0 Å². The summed E-state index contributed by atoms with van der Waals surface area (Å²) in [6.45, 7) is 3.32. The third kappa shape index (κ3) is 3.36. The van der Waals surface area contributed by atoms with Crippen molar-refractivity contribution in [3.63, 3.8) is 0 Å². The normalized spacial score (nSPS) is 20.5. The van der Waals surface area contributed by atoms with Gasteiger partial charge in [-0.2, -0.15) is 5.26 Å². The van der Waals surface area contributed by atoms with Gasteiger partial charge in [0.15, 0.2) is 0 Å². The van der Waals surface area contributed by atoms with Gasteiger partial charge in [0.1, 0.15) is 0 Å². The summed E-state index contributed by atoms with van der Waals surface area (Å²) in [7, 11) is 2.14. The van der Waals surface area contributed by atoms with E-state index in [1.165, 1.54) is 32.2 Å². The highest BCUT2D eigenvalue weighted by molar-refractivity contribution is 4.80. The van der Waals surface area contributed by atoms with Crippen LogP contribution in [0.25, 0.3) is 0 Å². The van der Waals surface area contributed by atoms with E-state index in [9.17, 15) is 0 Å². The van der Waals surface area contributed by atoms with Gasteiger partial charge in [0.05, 0.1) is 12.5 Å². The molecule has 0 bridgehead atoms. The summed E-state index contributed by atoms with van der Waals surface area (Å²) in [5.41, 5.74) is 0. The molecule has 0 aromatic heterocycles. The van der Waals surface area contributed by atoms with Crippen LogP contribution < -0.4 is 0 Å². The number of rotatable bonds is 4. The maximum absolute atomic E-state index is 8.57. The van der Waals surface area contributed by atoms with Gasteiger partial charge in [-0.3, -0.25) is 0 Å². The average molecular weight is 180 g/mol. The highest BCUT2D eigenvalue weighted by atomic mass is 15.1. The molecule has 1 aliphatic rings. The van der Waals surface area contributed by atoms with Gasteiger partial charge in [0, 0.05) is 12.6 Å². The molecule has 2 heteroatoms. The molecule has 1 aliphatic carbocycles. The van der Waals surface area contributed by atoms with Crippen molar-refractivity contribution < 1.29 is 0 Å². The molecule has 0 amide bonds. The van der Waals surface area contributed by atoms with Crippen LogP contribution in [0, 0.1) is 17.2 Å². The van der Waals surface area contributed by atoms with Crippen molar-refractivity contribution >= 4 is 0 Å². The Balaban J connectivity index is 2.23. The molecular weight excluding hydrogens is 160 g/mol. The van der Waals surface area contributed by atoms with Crippen molar-refractivity contribution in [2.45, 2.75) is 45.1 Å². The average Bonchev–Trinajstić information content (AvgIpc) is 2.57. The summed E-state index contributed by atoms with van der Waals surface area (Å²) in [6, 6.07) is 2.65. The van der Waals surface area contributed by atoms with Crippen molar-refractivity contribution in [3.8, 4) is 6.07 Å². The number of hydrogen-bond acceptors (Lipinski definition) is 2. The Labute approximate surface area is 81.5 Å². The van der Waals surface area contributed by atoms with Crippen LogP contribution >= 0.6 is 0 Å². The van der Waals surface area contributed by atoms with E-state index in [1.54, 1.807) is 0 Å². The highest BCUT2D eigenvalue weighted by Gasteiger charge is 2.18. The van der Waals surface area contributed by atoms with E-state index in [0.717, 1.165) is 5.92 Å². The molecular formula is C11H20N2. The molecule has 13 heavy (non-hydrogen) atoms. The largest absolute Gasteiger partial charge is 0.302 e. The van der Waals surface area contributed by atoms with Crippen LogP contribution in [0.1, 0.15) is 39.0 Å². The van der Waals surface area contributed by atoms with Crippen molar-refractivity contribution in [1.82, 2.24) is 4.90 Å². The van der Waals surface area contributed by atoms with Crippen LogP contribution in [-0.2, 0) is 0 Å². The zero-order valence-electron chi connectivity index (χ0n) is 8.79. The Morgan fingerprint density at radius 2 is 2.08 bits per heavy atom. The van der Waals surface area contributed by atoms with Crippen LogP contribution in [0.5, 0.6) is 0 Å². The molecule has 0 aliphatic heterocycles. The maximum Gasteiger partial charge on any atom is 0.0638 e. The van der Waals surface area contributed by atoms with Crippen LogP contribution in [0.15, 0.2) is 0 Å². The highest BCUT2D eigenvalue weighted by Crippen LogP contribution is 2.25. The fraction of sp³-hybridized carbons (Fsp3) is 0.909. The standard InChI is InChI=1S/C11H20N2/c1-10(7-8-12)13(2)9-11-5-3-4-6-11/h10-11H,3-7,9H2,1-2H3. The summed E-state index contributed by atoms with van der Waals surface area (Å²) in [5, 5.41) is 8.57. The second kappa shape index (κ2) is 5.24. The minimum Gasteiger partial charge on any atom is -0.302 e. The van der Waals surface area contributed by atoms with Gasteiger partial charge < -0.3 is 4.90 Å². The second-order valence-corrected chi connectivity index (χ2v) is 4.30. The predicted octanol–water partition coefficient (Wildman–Crippen LogP) is 2.41. The molecule has 0 radical (unpaired) electrons. The molecule has 0 heterocycles. The van der Waals surface area contributed by atoms with Crippen molar-refractivity contribution in [3.05, 3.63) is 0 Å². The first kappa shape index (κ1) is 10.5. The number of hydrogen-bond donors (Lipinski definition) is 0. The van der Waals surface area contributed by atoms with E-state index in [4.69, 9.17) is 5.26 Å². The third-order valence-electron chi connectivity index (χ3n) is 3.16. The maximum atomic E-state index is 8.57. The summed E-state index contributed by atoms with van der Waals surface area (Å²) < 4.78 is 0. The lowest BCUT2D eigenvalue weighted by Crippen LogP contribution is -2.32. The zero-order valence-corrected chi connectivity index (χ0v) is 8.79.